The van der Waals surface area contributed by atoms with Crippen molar-refractivity contribution in [3.63, 3.8) is 0 Å². The Morgan fingerprint density at radius 3 is 2.49 bits per heavy atom. The highest BCUT2D eigenvalue weighted by atomic mass is 32.2. The smallest absolute Gasteiger partial charge is 0.244 e. The molecule has 5 rings (SSSR count). The molecule has 0 fully saturated rings. The van der Waals surface area contributed by atoms with Gasteiger partial charge in [0.2, 0.25) is 25.8 Å². The lowest BCUT2D eigenvalue weighted by atomic mass is 9.90. The molecule has 0 bridgehead atoms. The summed E-state index contributed by atoms with van der Waals surface area (Å²) < 4.78 is 65.0. The summed E-state index contributed by atoms with van der Waals surface area (Å²) in [5.74, 6) is -3.02. The third-order valence-corrected chi connectivity index (χ3v) is 9.03. The van der Waals surface area contributed by atoms with Gasteiger partial charge in [-0.15, -0.1) is 11.3 Å². The van der Waals surface area contributed by atoms with E-state index in [-0.39, 0.29) is 28.5 Å². The van der Waals surface area contributed by atoms with Gasteiger partial charge in [0.25, 0.3) is 0 Å². The van der Waals surface area contributed by atoms with Gasteiger partial charge in [0.05, 0.1) is 34.4 Å². The number of nitrogens with one attached hydrogen (secondary N) is 2. The number of carbonyl (C=O) groups is 2. The van der Waals surface area contributed by atoms with Crippen LogP contribution in [0.3, 0.4) is 0 Å². The van der Waals surface area contributed by atoms with Gasteiger partial charge in [0.1, 0.15) is 16.7 Å². The average molecular weight is 562 g/mol. The normalized spacial score (nSPS) is 18.5. The molecular weight excluding hydrogens is 541 g/mol. The highest BCUT2D eigenvalue weighted by Gasteiger charge is 2.44. The fraction of sp³-hybridized carbons (Fsp3) is 0.167. The minimum atomic E-state index is -4.14. The van der Waals surface area contributed by atoms with Crippen LogP contribution in [0.15, 0.2) is 64.5 Å². The van der Waals surface area contributed by atoms with E-state index in [1.165, 1.54) is 52.6 Å². The largest absolute Gasteiger partial charge is 0.356 e. The van der Waals surface area contributed by atoms with Crippen molar-refractivity contribution >= 4 is 59.3 Å². The van der Waals surface area contributed by atoms with Crippen LogP contribution in [0.25, 0.3) is 0 Å². The average Bonchev–Trinajstić information content (AvgIpc) is 3.19. The van der Waals surface area contributed by atoms with Gasteiger partial charge >= 0.3 is 0 Å². The van der Waals surface area contributed by atoms with Crippen LogP contribution in [0.5, 0.6) is 0 Å². The van der Waals surface area contributed by atoms with Gasteiger partial charge in [-0.05, 0) is 48.9 Å². The van der Waals surface area contributed by atoms with Crippen LogP contribution in [0.2, 0.25) is 0 Å². The Hall–Kier alpha value is -3.55. The first-order valence-electron chi connectivity index (χ1n) is 10.9. The Kier molecular flexibility index (Phi) is 5.96. The SMILES string of the molecule is Cc1cc2c(s1)N(Cc1ccc(F)cc1)C(=O)C(C1=CS(=O)(=O)c3cc(NS(C)(=O)=O)ccc3N1)C2=O. The molecule has 2 aliphatic rings. The second kappa shape index (κ2) is 8.78. The Bertz CT molecular complexity index is 1710. The number of anilines is 3. The van der Waals surface area contributed by atoms with E-state index in [2.05, 4.69) is 10.0 Å². The Morgan fingerprint density at radius 1 is 1.11 bits per heavy atom. The molecule has 9 nitrogen and oxygen atoms in total. The monoisotopic (exact) mass is 561 g/mol. The maximum Gasteiger partial charge on any atom is 0.244 e. The summed E-state index contributed by atoms with van der Waals surface area (Å²) in [5.41, 5.74) is 0.985. The first-order valence-corrected chi connectivity index (χ1v) is 15.1. The lowest BCUT2D eigenvalue weighted by molar-refractivity contribution is -0.120. The zero-order chi connectivity index (χ0) is 26.7. The van der Waals surface area contributed by atoms with Crippen LogP contribution in [0, 0.1) is 18.7 Å². The number of aryl methyl sites for hydroxylation is 1. The van der Waals surface area contributed by atoms with Gasteiger partial charge in [-0.2, -0.15) is 0 Å². The number of halogens is 1. The summed E-state index contributed by atoms with van der Waals surface area (Å²) in [5, 5.41) is 4.17. The minimum Gasteiger partial charge on any atom is -0.356 e. The number of fused-ring (bicyclic) bond motifs is 2. The van der Waals surface area contributed by atoms with Crippen molar-refractivity contribution in [2.45, 2.75) is 18.4 Å². The molecule has 0 saturated carbocycles. The molecule has 1 atom stereocenters. The maximum absolute atomic E-state index is 13.7. The number of rotatable bonds is 5. The molecule has 37 heavy (non-hydrogen) atoms. The van der Waals surface area contributed by atoms with E-state index in [1.54, 1.807) is 13.0 Å². The molecule has 2 aromatic carbocycles. The predicted octanol–water partition coefficient (Wildman–Crippen LogP) is 3.65. The Labute approximate surface area is 216 Å². The third kappa shape index (κ3) is 4.77. The maximum atomic E-state index is 13.7. The summed E-state index contributed by atoms with van der Waals surface area (Å²) in [6.07, 6.45) is 0.940. The lowest BCUT2D eigenvalue weighted by Gasteiger charge is -2.33. The highest BCUT2D eigenvalue weighted by Crippen LogP contribution is 2.42. The summed E-state index contributed by atoms with van der Waals surface area (Å²) in [7, 11) is -7.78. The number of sulfone groups is 1. The Morgan fingerprint density at radius 2 is 1.81 bits per heavy atom. The van der Waals surface area contributed by atoms with Crippen molar-refractivity contribution in [1.82, 2.24) is 0 Å². The first kappa shape index (κ1) is 25.1. The van der Waals surface area contributed by atoms with E-state index < -0.39 is 43.3 Å². The number of hydrogen-bond acceptors (Lipinski definition) is 8. The molecule has 3 heterocycles. The van der Waals surface area contributed by atoms with E-state index in [9.17, 15) is 30.8 Å². The molecule has 0 saturated heterocycles. The van der Waals surface area contributed by atoms with Gasteiger partial charge in [0, 0.05) is 16.3 Å². The van der Waals surface area contributed by atoms with Crippen LogP contribution in [0.1, 0.15) is 20.8 Å². The van der Waals surface area contributed by atoms with Crippen LogP contribution in [-0.4, -0.2) is 34.8 Å². The van der Waals surface area contributed by atoms with E-state index in [1.807, 2.05) is 0 Å². The lowest BCUT2D eigenvalue weighted by Crippen LogP contribution is -2.45. The second-order valence-corrected chi connectivity index (χ2v) is 13.5. The molecule has 192 valence electrons. The van der Waals surface area contributed by atoms with Crippen LogP contribution >= 0.6 is 11.3 Å². The standard InChI is InChI=1S/C24H20FN3O6S3/c1-13-9-17-22(29)21(23(30)28(24(17)35-13)11-14-3-5-15(25)6-4-14)19-12-37(33,34)20-10-16(27-36(2,31)32)7-8-18(20)26-19/h3-10,12,21,26-27H,11H2,1-2H3. The highest BCUT2D eigenvalue weighted by molar-refractivity contribution is 7.94. The third-order valence-electron chi connectivity index (χ3n) is 5.84. The number of thiophene rings is 1. The number of Topliss-reactive ketones (excluding diaryl/α,β-unsaturated/α-hetero) is 1. The molecule has 0 spiro atoms. The van der Waals surface area contributed by atoms with E-state index >= 15 is 0 Å². The summed E-state index contributed by atoms with van der Waals surface area (Å²) in [6, 6.07) is 11.2. The van der Waals surface area contributed by atoms with Gasteiger partial charge in [-0.1, -0.05) is 12.1 Å². The topological polar surface area (TPSA) is 130 Å². The molecule has 1 aromatic heterocycles. The van der Waals surface area contributed by atoms with Crippen molar-refractivity contribution in [1.29, 1.82) is 0 Å². The molecule has 3 aromatic rings. The number of carbonyl (C=O) groups excluding carboxylic acids is 2. The van der Waals surface area contributed by atoms with Gasteiger partial charge < -0.3 is 5.32 Å². The molecular formula is C24H20FN3O6S3. The van der Waals surface area contributed by atoms with Gasteiger partial charge in [0.15, 0.2) is 5.78 Å². The molecule has 0 aliphatic carbocycles. The van der Waals surface area contributed by atoms with Crippen molar-refractivity contribution in [2.75, 3.05) is 21.2 Å². The minimum absolute atomic E-state index is 0.0529. The zero-order valence-electron chi connectivity index (χ0n) is 19.5. The van der Waals surface area contributed by atoms with Crippen molar-refractivity contribution in [3.8, 4) is 0 Å². The predicted molar refractivity (Wildman–Crippen MR) is 138 cm³/mol. The van der Waals surface area contributed by atoms with E-state index in [0.717, 1.165) is 22.6 Å². The number of benzene rings is 2. The number of amides is 1. The molecule has 2 aliphatic heterocycles. The van der Waals surface area contributed by atoms with Gasteiger partial charge in [-0.25, -0.2) is 21.2 Å². The zero-order valence-corrected chi connectivity index (χ0v) is 21.9. The van der Waals surface area contributed by atoms with Crippen LogP contribution < -0.4 is 14.9 Å². The van der Waals surface area contributed by atoms with Crippen LogP contribution in [-0.2, 0) is 31.2 Å². The van der Waals surface area contributed by atoms with E-state index in [0.29, 0.717) is 16.1 Å². The molecule has 2 N–H and O–H groups in total. The fourth-order valence-electron chi connectivity index (χ4n) is 4.29. The van der Waals surface area contributed by atoms with Crippen LogP contribution in [0.4, 0.5) is 20.8 Å². The van der Waals surface area contributed by atoms with Crippen molar-refractivity contribution in [2.24, 2.45) is 5.92 Å². The number of sulfonamides is 1. The summed E-state index contributed by atoms with van der Waals surface area (Å²) in [6.45, 7) is 1.86. The molecule has 1 amide bonds. The fourth-order valence-corrected chi connectivity index (χ4v) is 7.24. The summed E-state index contributed by atoms with van der Waals surface area (Å²) in [4.78, 5) is 29.2. The van der Waals surface area contributed by atoms with Gasteiger partial charge in [-0.3, -0.25) is 19.2 Å². The summed E-state index contributed by atoms with van der Waals surface area (Å²) >= 11 is 1.27. The van der Waals surface area contributed by atoms with E-state index in [4.69, 9.17) is 0 Å². The van der Waals surface area contributed by atoms with Crippen molar-refractivity contribution in [3.05, 3.63) is 81.5 Å². The first-order chi connectivity index (χ1) is 17.3. The number of nitrogens with zero attached hydrogens (tertiary/aromatic N) is 1. The number of hydrogen-bond donors (Lipinski definition) is 2. The Balaban J connectivity index is 1.55. The quantitative estimate of drug-likeness (QED) is 0.455. The number of ketones is 1. The van der Waals surface area contributed by atoms with Crippen molar-refractivity contribution < 1.29 is 30.8 Å². The molecule has 1 unspecified atom stereocenters. The molecule has 13 heteroatoms. The molecule has 0 radical (unpaired) electrons. The second-order valence-electron chi connectivity index (χ2n) is 8.75.